The van der Waals surface area contributed by atoms with Crippen LogP contribution in [0.3, 0.4) is 0 Å². The Morgan fingerprint density at radius 3 is 2.83 bits per heavy atom. The van der Waals surface area contributed by atoms with Crippen molar-refractivity contribution in [2.75, 3.05) is 18.9 Å². The van der Waals surface area contributed by atoms with Crippen molar-refractivity contribution in [3.63, 3.8) is 0 Å². The third kappa shape index (κ3) is 4.84. The Morgan fingerprint density at radius 1 is 1.14 bits per heavy atom. The number of fused-ring (bicyclic) bond motifs is 2. The fraction of sp³-hybridized carbons (Fsp3) is 0.227. The number of aromatic nitrogens is 1. The zero-order valence-corrected chi connectivity index (χ0v) is 18.5. The number of pyridine rings is 1. The van der Waals surface area contributed by atoms with Crippen molar-refractivity contribution >= 4 is 52.4 Å². The largest absolute Gasteiger partial charge is 0.356 e. The smallest absolute Gasteiger partial charge is 0.225 e. The quantitative estimate of drug-likeness (QED) is 0.290. The van der Waals surface area contributed by atoms with Crippen LogP contribution in [0.5, 0.6) is 0 Å². The first kappa shape index (κ1) is 21.0. The fourth-order valence-corrected chi connectivity index (χ4v) is 3.61. The molecule has 0 aliphatic carbocycles. The standard InChI is InChI=1S/C22H23N5O.HI/c1-23-22(25-13-16-7-4-6-15-8-5-11-24-21(15)16)26-14-17-12-20(28)27-19-10-3-2-9-18(17)19;/h2-11,17H,12-14H2,1H3,(H,27,28)(H2,23,25,26);1H. The number of halogens is 1. The highest BCUT2D eigenvalue weighted by Gasteiger charge is 2.24. The Bertz CT molecular complexity index is 1030. The molecule has 1 amide bonds. The summed E-state index contributed by atoms with van der Waals surface area (Å²) in [5.41, 5.74) is 4.16. The van der Waals surface area contributed by atoms with Crippen LogP contribution in [0.15, 0.2) is 65.8 Å². The number of anilines is 1. The van der Waals surface area contributed by atoms with Gasteiger partial charge in [0, 0.05) is 49.7 Å². The van der Waals surface area contributed by atoms with Gasteiger partial charge in [-0.05, 0) is 23.3 Å². The number of para-hydroxylation sites is 2. The predicted molar refractivity (Wildman–Crippen MR) is 128 cm³/mol. The van der Waals surface area contributed by atoms with Gasteiger partial charge in [-0.1, -0.05) is 42.5 Å². The molecule has 1 unspecified atom stereocenters. The Hall–Kier alpha value is -2.68. The van der Waals surface area contributed by atoms with E-state index < -0.39 is 0 Å². The van der Waals surface area contributed by atoms with E-state index in [0.717, 1.165) is 27.7 Å². The van der Waals surface area contributed by atoms with Crippen molar-refractivity contribution in [3.05, 3.63) is 71.9 Å². The van der Waals surface area contributed by atoms with Crippen LogP contribution in [0, 0.1) is 0 Å². The summed E-state index contributed by atoms with van der Waals surface area (Å²) in [7, 11) is 1.75. The minimum absolute atomic E-state index is 0. The second kappa shape index (κ2) is 9.69. The number of nitrogens with zero attached hydrogens (tertiary/aromatic N) is 2. The molecule has 2 aromatic carbocycles. The summed E-state index contributed by atoms with van der Waals surface area (Å²) < 4.78 is 0. The number of rotatable bonds is 4. The average molecular weight is 501 g/mol. The van der Waals surface area contributed by atoms with Crippen LogP contribution in [0.2, 0.25) is 0 Å². The van der Waals surface area contributed by atoms with Crippen LogP contribution in [-0.2, 0) is 11.3 Å². The normalized spacial score (nSPS) is 15.8. The van der Waals surface area contributed by atoms with Gasteiger partial charge in [0.1, 0.15) is 0 Å². The molecule has 6 nitrogen and oxygen atoms in total. The number of hydrogen-bond donors (Lipinski definition) is 3. The molecule has 1 aromatic heterocycles. The van der Waals surface area contributed by atoms with Crippen LogP contribution >= 0.6 is 24.0 Å². The second-order valence-electron chi connectivity index (χ2n) is 6.84. The summed E-state index contributed by atoms with van der Waals surface area (Å²) in [6.07, 6.45) is 2.28. The molecule has 0 radical (unpaired) electrons. The van der Waals surface area contributed by atoms with E-state index in [1.54, 1.807) is 7.05 Å². The molecular formula is C22H24IN5O. The van der Waals surface area contributed by atoms with Gasteiger partial charge in [-0.2, -0.15) is 0 Å². The maximum absolute atomic E-state index is 12.0. The van der Waals surface area contributed by atoms with Crippen molar-refractivity contribution < 1.29 is 4.79 Å². The fourth-order valence-electron chi connectivity index (χ4n) is 3.61. The predicted octanol–water partition coefficient (Wildman–Crippen LogP) is 3.64. The first-order valence-electron chi connectivity index (χ1n) is 9.40. The van der Waals surface area contributed by atoms with Gasteiger partial charge in [0.15, 0.2) is 5.96 Å². The lowest BCUT2D eigenvalue weighted by Gasteiger charge is -2.26. The molecule has 29 heavy (non-hydrogen) atoms. The van der Waals surface area contributed by atoms with Crippen LogP contribution < -0.4 is 16.0 Å². The molecule has 3 aromatic rings. The van der Waals surface area contributed by atoms with E-state index in [1.807, 2.05) is 36.5 Å². The van der Waals surface area contributed by atoms with E-state index in [2.05, 4.69) is 50.2 Å². The molecule has 2 heterocycles. The molecule has 7 heteroatoms. The summed E-state index contributed by atoms with van der Waals surface area (Å²) in [5.74, 6) is 0.870. The number of carbonyl (C=O) groups excluding carboxylic acids is 1. The summed E-state index contributed by atoms with van der Waals surface area (Å²) in [6.45, 7) is 1.26. The number of amides is 1. The molecule has 1 atom stereocenters. The SMILES string of the molecule is CN=C(NCc1cccc2cccnc12)NCC1CC(=O)Nc2ccccc21.I. The van der Waals surface area contributed by atoms with Crippen LogP contribution in [-0.4, -0.2) is 30.4 Å². The number of nitrogens with one attached hydrogen (secondary N) is 3. The van der Waals surface area contributed by atoms with Crippen molar-refractivity contribution in [1.29, 1.82) is 0 Å². The molecule has 1 aliphatic heterocycles. The number of carbonyl (C=O) groups is 1. The van der Waals surface area contributed by atoms with Gasteiger partial charge in [-0.25, -0.2) is 0 Å². The Kier molecular flexibility index (Phi) is 7.03. The van der Waals surface area contributed by atoms with Crippen LogP contribution in [0.4, 0.5) is 5.69 Å². The van der Waals surface area contributed by atoms with E-state index in [0.29, 0.717) is 25.5 Å². The molecular weight excluding hydrogens is 477 g/mol. The molecule has 1 aliphatic rings. The maximum atomic E-state index is 12.0. The van der Waals surface area contributed by atoms with Gasteiger partial charge in [-0.3, -0.25) is 14.8 Å². The van der Waals surface area contributed by atoms with E-state index in [1.165, 1.54) is 0 Å². The average Bonchev–Trinajstić information content (AvgIpc) is 2.73. The van der Waals surface area contributed by atoms with Gasteiger partial charge in [0.25, 0.3) is 0 Å². The number of benzene rings is 2. The van der Waals surface area contributed by atoms with Gasteiger partial charge in [0.05, 0.1) is 5.52 Å². The van der Waals surface area contributed by atoms with E-state index >= 15 is 0 Å². The van der Waals surface area contributed by atoms with E-state index in [4.69, 9.17) is 0 Å². The molecule has 0 saturated carbocycles. The molecule has 0 fully saturated rings. The second-order valence-corrected chi connectivity index (χ2v) is 6.84. The third-order valence-electron chi connectivity index (χ3n) is 5.01. The lowest BCUT2D eigenvalue weighted by atomic mass is 9.90. The highest BCUT2D eigenvalue weighted by molar-refractivity contribution is 14.0. The lowest BCUT2D eigenvalue weighted by Crippen LogP contribution is -2.40. The highest BCUT2D eigenvalue weighted by atomic mass is 127. The van der Waals surface area contributed by atoms with Crippen LogP contribution in [0.1, 0.15) is 23.5 Å². The zero-order chi connectivity index (χ0) is 19.3. The van der Waals surface area contributed by atoms with Crippen molar-refractivity contribution in [2.45, 2.75) is 18.9 Å². The number of aliphatic imine (C=N–C) groups is 1. The Balaban J connectivity index is 0.00000240. The van der Waals surface area contributed by atoms with E-state index in [9.17, 15) is 4.79 Å². The minimum atomic E-state index is 0. The first-order valence-corrected chi connectivity index (χ1v) is 9.40. The highest BCUT2D eigenvalue weighted by Crippen LogP contribution is 2.31. The van der Waals surface area contributed by atoms with Crippen molar-refractivity contribution in [3.8, 4) is 0 Å². The van der Waals surface area contributed by atoms with Crippen molar-refractivity contribution in [1.82, 2.24) is 15.6 Å². The van der Waals surface area contributed by atoms with Crippen molar-refractivity contribution in [2.24, 2.45) is 4.99 Å². The summed E-state index contributed by atoms with van der Waals surface area (Å²) in [6, 6.07) is 18.1. The minimum Gasteiger partial charge on any atom is -0.356 e. The monoisotopic (exact) mass is 501 g/mol. The molecule has 0 spiro atoms. The zero-order valence-electron chi connectivity index (χ0n) is 16.2. The summed E-state index contributed by atoms with van der Waals surface area (Å²) >= 11 is 0. The Morgan fingerprint density at radius 2 is 1.97 bits per heavy atom. The number of guanidine groups is 1. The van der Waals surface area contributed by atoms with Gasteiger partial charge < -0.3 is 16.0 Å². The molecule has 150 valence electrons. The van der Waals surface area contributed by atoms with Gasteiger partial charge in [-0.15, -0.1) is 24.0 Å². The van der Waals surface area contributed by atoms with E-state index in [-0.39, 0.29) is 35.8 Å². The molecule has 4 rings (SSSR count). The van der Waals surface area contributed by atoms with Gasteiger partial charge >= 0.3 is 0 Å². The molecule has 3 N–H and O–H groups in total. The lowest BCUT2D eigenvalue weighted by molar-refractivity contribution is -0.116. The van der Waals surface area contributed by atoms with Crippen LogP contribution in [0.25, 0.3) is 10.9 Å². The summed E-state index contributed by atoms with van der Waals surface area (Å²) in [5, 5.41) is 10.8. The maximum Gasteiger partial charge on any atom is 0.225 e. The summed E-state index contributed by atoms with van der Waals surface area (Å²) in [4.78, 5) is 20.8. The Labute approximate surface area is 187 Å². The topological polar surface area (TPSA) is 78.4 Å². The first-order chi connectivity index (χ1) is 13.7. The molecule has 0 saturated heterocycles. The third-order valence-corrected chi connectivity index (χ3v) is 5.01. The van der Waals surface area contributed by atoms with Gasteiger partial charge in [0.2, 0.25) is 5.91 Å². The molecule has 0 bridgehead atoms. The number of hydrogen-bond acceptors (Lipinski definition) is 3.